The first-order valence-corrected chi connectivity index (χ1v) is 11.6. The minimum atomic E-state index is -4.74. The van der Waals surface area contributed by atoms with Crippen LogP contribution < -0.4 is 11.2 Å². The van der Waals surface area contributed by atoms with Gasteiger partial charge in [0.05, 0.1) is 34.5 Å². The second kappa shape index (κ2) is 9.64. The number of nitriles is 1. The Morgan fingerprint density at radius 3 is 2.42 bits per heavy atom. The summed E-state index contributed by atoms with van der Waals surface area (Å²) in [6, 6.07) is 9.90. The van der Waals surface area contributed by atoms with Crippen LogP contribution in [0, 0.1) is 30.1 Å². The summed E-state index contributed by atoms with van der Waals surface area (Å²) in [6.07, 6.45) is -2.75. The molecule has 0 amide bonds. The van der Waals surface area contributed by atoms with E-state index in [1.54, 1.807) is 31.2 Å². The van der Waals surface area contributed by atoms with Crippen molar-refractivity contribution in [3.05, 3.63) is 79.5 Å². The van der Waals surface area contributed by atoms with Crippen LogP contribution >= 0.6 is 0 Å². The van der Waals surface area contributed by atoms with Crippen molar-refractivity contribution in [2.45, 2.75) is 51.9 Å². The maximum atomic E-state index is 13.5. The van der Waals surface area contributed by atoms with E-state index in [1.807, 2.05) is 0 Å². The van der Waals surface area contributed by atoms with Gasteiger partial charge in [0, 0.05) is 6.54 Å². The molecule has 0 bridgehead atoms. The molecule has 1 aromatic heterocycles. The number of carbonyl (C=O) groups is 1. The van der Waals surface area contributed by atoms with Crippen LogP contribution in [-0.2, 0) is 24.1 Å². The number of hydrogen-bond donors (Lipinski definition) is 1. The first kappa shape index (κ1) is 25.2. The van der Waals surface area contributed by atoms with Gasteiger partial charge in [0.15, 0.2) is 0 Å². The summed E-state index contributed by atoms with van der Waals surface area (Å²) in [6.45, 7) is 1.55. The van der Waals surface area contributed by atoms with Gasteiger partial charge in [-0.15, -0.1) is 0 Å². The SMILES string of the molecule is Cc1ccc2c(c1)c(=O)n(C[C@H]1CC[C@H](C(=O)O)CC1)c(=O)n2Cc1cccc(C(F)(F)F)c1C#N. The van der Waals surface area contributed by atoms with Crippen molar-refractivity contribution >= 4 is 16.9 Å². The van der Waals surface area contributed by atoms with Crippen LogP contribution in [0.4, 0.5) is 13.2 Å². The molecular weight excluding hydrogens is 475 g/mol. The molecule has 188 valence electrons. The van der Waals surface area contributed by atoms with Crippen molar-refractivity contribution in [2.24, 2.45) is 11.8 Å². The molecule has 7 nitrogen and oxygen atoms in total. The van der Waals surface area contributed by atoms with Crippen LogP contribution in [0.3, 0.4) is 0 Å². The lowest BCUT2D eigenvalue weighted by Gasteiger charge is -2.26. The van der Waals surface area contributed by atoms with Gasteiger partial charge in [-0.05, 0) is 62.3 Å². The molecule has 1 fully saturated rings. The number of fused-ring (bicyclic) bond motifs is 1. The number of carboxylic acids is 1. The van der Waals surface area contributed by atoms with Crippen LogP contribution in [0.5, 0.6) is 0 Å². The van der Waals surface area contributed by atoms with Gasteiger partial charge in [-0.1, -0.05) is 23.8 Å². The Labute approximate surface area is 204 Å². The van der Waals surface area contributed by atoms with Gasteiger partial charge in [0.2, 0.25) is 0 Å². The van der Waals surface area contributed by atoms with E-state index in [0.29, 0.717) is 25.7 Å². The average Bonchev–Trinajstić information content (AvgIpc) is 2.84. The number of rotatable bonds is 5. The predicted octanol–water partition coefficient (Wildman–Crippen LogP) is 4.30. The molecule has 1 heterocycles. The largest absolute Gasteiger partial charge is 0.481 e. The highest BCUT2D eigenvalue weighted by atomic mass is 19.4. The van der Waals surface area contributed by atoms with Crippen LogP contribution in [0.15, 0.2) is 46.0 Å². The fourth-order valence-corrected chi connectivity index (χ4v) is 4.97. The van der Waals surface area contributed by atoms with Crippen molar-refractivity contribution in [1.29, 1.82) is 5.26 Å². The Hall–Kier alpha value is -3.87. The number of alkyl halides is 3. The van der Waals surface area contributed by atoms with Crippen LogP contribution in [-0.4, -0.2) is 20.2 Å². The number of benzene rings is 2. The first-order chi connectivity index (χ1) is 17.0. The van der Waals surface area contributed by atoms with Gasteiger partial charge < -0.3 is 5.11 Å². The Balaban J connectivity index is 1.82. The smallest absolute Gasteiger partial charge is 0.417 e. The van der Waals surface area contributed by atoms with E-state index in [1.165, 1.54) is 16.7 Å². The summed E-state index contributed by atoms with van der Waals surface area (Å²) in [5.74, 6) is -1.38. The number of nitrogens with zero attached hydrogens (tertiary/aromatic N) is 3. The standard InChI is InChI=1S/C26H24F3N3O4/c1-15-5-10-22-19(11-15)23(33)32(13-16-6-8-17(9-7-16)24(34)35)25(36)31(22)14-18-3-2-4-21(20(18)12-30)26(27,28)29/h2-5,10-11,16-17H,6-9,13-14H2,1H3,(H,34,35)/t16-,17-. The van der Waals surface area contributed by atoms with E-state index in [2.05, 4.69) is 0 Å². The molecule has 0 unspecified atom stereocenters. The number of aromatic nitrogens is 2. The third-order valence-electron chi connectivity index (χ3n) is 6.91. The van der Waals surface area contributed by atoms with E-state index in [0.717, 1.165) is 16.2 Å². The normalized spacial score (nSPS) is 18.2. The molecule has 4 rings (SSSR count). The first-order valence-electron chi connectivity index (χ1n) is 11.6. The summed E-state index contributed by atoms with van der Waals surface area (Å²) in [5.41, 5.74) is -1.78. The molecule has 0 aliphatic heterocycles. The van der Waals surface area contributed by atoms with E-state index < -0.39 is 40.4 Å². The molecule has 36 heavy (non-hydrogen) atoms. The average molecular weight is 499 g/mol. The van der Waals surface area contributed by atoms with Gasteiger partial charge in [0.1, 0.15) is 6.07 Å². The Morgan fingerprint density at radius 1 is 1.11 bits per heavy atom. The number of carboxylic acid groups (broad SMARTS) is 1. The molecule has 1 aliphatic rings. The molecule has 10 heteroatoms. The molecule has 1 aliphatic carbocycles. The quantitative estimate of drug-likeness (QED) is 0.564. The zero-order chi connectivity index (χ0) is 26.2. The molecule has 2 aromatic carbocycles. The van der Waals surface area contributed by atoms with Gasteiger partial charge in [0.25, 0.3) is 5.56 Å². The van der Waals surface area contributed by atoms with E-state index in [4.69, 9.17) is 0 Å². The molecule has 0 atom stereocenters. The van der Waals surface area contributed by atoms with E-state index in [9.17, 15) is 37.9 Å². The maximum Gasteiger partial charge on any atom is 0.417 e. The maximum absolute atomic E-state index is 13.5. The van der Waals surface area contributed by atoms with Gasteiger partial charge in [-0.2, -0.15) is 18.4 Å². The lowest BCUT2D eigenvalue weighted by Crippen LogP contribution is -2.42. The van der Waals surface area contributed by atoms with Crippen LogP contribution in [0.1, 0.15) is 47.9 Å². The molecular formula is C26H24F3N3O4. The Kier molecular flexibility index (Phi) is 6.76. The number of aryl methyl sites for hydroxylation is 1. The highest BCUT2D eigenvalue weighted by molar-refractivity contribution is 5.79. The van der Waals surface area contributed by atoms with Crippen LogP contribution in [0.25, 0.3) is 10.9 Å². The summed E-state index contributed by atoms with van der Waals surface area (Å²) < 4.78 is 42.8. The summed E-state index contributed by atoms with van der Waals surface area (Å²) >= 11 is 0. The topological polar surface area (TPSA) is 105 Å². The van der Waals surface area contributed by atoms with E-state index in [-0.39, 0.29) is 35.5 Å². The van der Waals surface area contributed by atoms with E-state index >= 15 is 0 Å². The van der Waals surface area contributed by atoms with Crippen molar-refractivity contribution < 1.29 is 23.1 Å². The highest BCUT2D eigenvalue weighted by Crippen LogP contribution is 2.33. The number of aliphatic carboxylic acids is 1. The molecule has 0 spiro atoms. The second-order valence-corrected chi connectivity index (χ2v) is 9.31. The molecule has 3 aromatic rings. The summed E-state index contributed by atoms with van der Waals surface area (Å²) in [5, 5.41) is 19.0. The third-order valence-corrected chi connectivity index (χ3v) is 6.91. The fraction of sp³-hybridized carbons (Fsp3) is 0.385. The van der Waals surface area contributed by atoms with Crippen molar-refractivity contribution in [3.8, 4) is 6.07 Å². The lowest BCUT2D eigenvalue weighted by atomic mass is 9.82. The highest BCUT2D eigenvalue weighted by Gasteiger charge is 2.34. The molecule has 1 saturated carbocycles. The third kappa shape index (κ3) is 4.78. The Morgan fingerprint density at radius 2 is 1.81 bits per heavy atom. The Bertz CT molecular complexity index is 1490. The number of halogens is 3. The molecule has 0 radical (unpaired) electrons. The van der Waals surface area contributed by atoms with Gasteiger partial charge in [-0.25, -0.2) is 4.79 Å². The van der Waals surface area contributed by atoms with Gasteiger partial charge in [-0.3, -0.25) is 18.7 Å². The minimum absolute atomic E-state index is 0.0171. The zero-order valence-corrected chi connectivity index (χ0v) is 19.5. The van der Waals surface area contributed by atoms with Crippen LogP contribution in [0.2, 0.25) is 0 Å². The lowest BCUT2D eigenvalue weighted by molar-refractivity contribution is -0.143. The van der Waals surface area contributed by atoms with Crippen molar-refractivity contribution in [2.75, 3.05) is 0 Å². The molecule has 1 N–H and O–H groups in total. The zero-order valence-electron chi connectivity index (χ0n) is 19.5. The predicted molar refractivity (Wildman–Crippen MR) is 126 cm³/mol. The fourth-order valence-electron chi connectivity index (χ4n) is 4.97. The number of hydrogen-bond acceptors (Lipinski definition) is 4. The molecule has 0 saturated heterocycles. The summed E-state index contributed by atoms with van der Waals surface area (Å²) in [7, 11) is 0. The van der Waals surface area contributed by atoms with Crippen molar-refractivity contribution in [1.82, 2.24) is 9.13 Å². The minimum Gasteiger partial charge on any atom is -0.481 e. The second-order valence-electron chi connectivity index (χ2n) is 9.31. The summed E-state index contributed by atoms with van der Waals surface area (Å²) in [4.78, 5) is 38.1. The van der Waals surface area contributed by atoms with Crippen molar-refractivity contribution in [3.63, 3.8) is 0 Å². The monoisotopic (exact) mass is 499 g/mol. The van der Waals surface area contributed by atoms with Gasteiger partial charge >= 0.3 is 17.8 Å².